The molecule has 0 aliphatic heterocycles. The van der Waals surface area contributed by atoms with Crippen LogP contribution < -0.4 is 0 Å². The van der Waals surface area contributed by atoms with Crippen LogP contribution in [0, 0.1) is 0 Å². The molecule has 0 atom stereocenters. The molecule has 0 saturated heterocycles. The Labute approximate surface area is 59.5 Å². The van der Waals surface area contributed by atoms with Crippen LogP contribution in [0.25, 0.3) is 0 Å². The molecule has 0 aromatic heterocycles. The molecule has 3 nitrogen and oxygen atoms in total. The van der Waals surface area contributed by atoms with Gasteiger partial charge in [-0.1, -0.05) is 5.04 Å². The molecule has 0 saturated carbocycles. The van der Waals surface area contributed by atoms with Crippen LogP contribution in [-0.4, -0.2) is 12.1 Å². The van der Waals surface area contributed by atoms with E-state index in [0.29, 0.717) is 0 Å². The van der Waals surface area contributed by atoms with Gasteiger partial charge in [-0.25, -0.2) is 4.89 Å². The second-order valence-electron chi connectivity index (χ2n) is 1.07. The summed E-state index contributed by atoms with van der Waals surface area (Å²) >= 11 is -0.774. The van der Waals surface area contributed by atoms with Gasteiger partial charge >= 0.3 is 5.51 Å². The summed E-state index contributed by atoms with van der Waals surface area (Å²) in [5.41, 5.74) is -4.46. The van der Waals surface area contributed by atoms with Crippen LogP contribution >= 0.6 is 12.0 Å². The molecule has 0 radical (unpaired) electrons. The summed E-state index contributed by atoms with van der Waals surface area (Å²) in [4.78, 5) is 3.99. The summed E-state index contributed by atoms with van der Waals surface area (Å²) in [6.45, 7) is 1.67. The molecular formula is C3H5F3O3S. The lowest BCUT2D eigenvalue weighted by atomic mass is 10.9. The first-order valence-electron chi connectivity index (χ1n) is 2.27. The van der Waals surface area contributed by atoms with Gasteiger partial charge in [0.2, 0.25) is 0 Å². The predicted octanol–water partition coefficient (Wildman–Crippen LogP) is 2.05. The molecular weight excluding hydrogens is 173 g/mol. The van der Waals surface area contributed by atoms with Gasteiger partial charge < -0.3 is 0 Å². The highest BCUT2D eigenvalue weighted by molar-refractivity contribution is 7.95. The van der Waals surface area contributed by atoms with Gasteiger partial charge in [0.15, 0.2) is 0 Å². The van der Waals surface area contributed by atoms with E-state index in [2.05, 4.69) is 14.3 Å². The van der Waals surface area contributed by atoms with Crippen molar-refractivity contribution in [3.63, 3.8) is 0 Å². The minimum atomic E-state index is -4.46. The number of alkyl halides is 3. The molecule has 0 aromatic carbocycles. The van der Waals surface area contributed by atoms with E-state index in [1.165, 1.54) is 0 Å². The van der Waals surface area contributed by atoms with Gasteiger partial charge in [-0.3, -0.25) is 0 Å². The van der Waals surface area contributed by atoms with Gasteiger partial charge in [-0.2, -0.15) is 13.2 Å². The smallest absolute Gasteiger partial charge is 0.206 e. The third kappa shape index (κ3) is 8.02. The molecule has 0 aliphatic carbocycles. The second kappa shape index (κ2) is 4.78. The van der Waals surface area contributed by atoms with Crippen LogP contribution in [0.2, 0.25) is 0 Å². The van der Waals surface area contributed by atoms with Crippen molar-refractivity contribution in [2.45, 2.75) is 12.4 Å². The number of halogens is 3. The molecule has 0 spiro atoms. The normalized spacial score (nSPS) is 12.0. The van der Waals surface area contributed by atoms with E-state index >= 15 is 0 Å². The van der Waals surface area contributed by atoms with E-state index in [0.717, 1.165) is 0 Å². The topological polar surface area (TPSA) is 27.7 Å². The summed E-state index contributed by atoms with van der Waals surface area (Å²) < 4.78 is 37.1. The molecule has 0 aliphatic rings. The fraction of sp³-hybridized carbons (Fsp3) is 1.00. The van der Waals surface area contributed by atoms with Gasteiger partial charge in [-0.05, 0) is 6.92 Å². The molecule has 0 unspecified atom stereocenters. The summed E-state index contributed by atoms with van der Waals surface area (Å²) in [5.74, 6) is 0. The van der Waals surface area contributed by atoms with Crippen LogP contribution in [0.3, 0.4) is 0 Å². The first-order chi connectivity index (χ1) is 4.56. The minimum absolute atomic E-state index is 0.123. The summed E-state index contributed by atoms with van der Waals surface area (Å²) in [5, 5.41) is 3.60. The zero-order chi connectivity index (χ0) is 8.04. The lowest BCUT2D eigenvalue weighted by molar-refractivity contribution is -0.460. The molecule has 10 heavy (non-hydrogen) atoms. The van der Waals surface area contributed by atoms with Gasteiger partial charge in [0.25, 0.3) is 0 Å². The average Bonchev–Trinajstić information content (AvgIpc) is 1.78. The fourth-order valence-corrected chi connectivity index (χ4v) is 0.264. The summed E-state index contributed by atoms with van der Waals surface area (Å²) in [6.07, 6.45) is 0. The van der Waals surface area contributed by atoms with Crippen molar-refractivity contribution in [1.82, 2.24) is 0 Å². The predicted molar refractivity (Wildman–Crippen MR) is 27.4 cm³/mol. The van der Waals surface area contributed by atoms with Crippen LogP contribution in [-0.2, 0) is 14.3 Å². The summed E-state index contributed by atoms with van der Waals surface area (Å²) in [6, 6.07) is 0. The van der Waals surface area contributed by atoms with E-state index < -0.39 is 17.6 Å². The Kier molecular flexibility index (Phi) is 4.79. The van der Waals surface area contributed by atoms with E-state index in [-0.39, 0.29) is 6.61 Å². The molecule has 62 valence electrons. The zero-order valence-corrected chi connectivity index (χ0v) is 5.79. The quantitative estimate of drug-likeness (QED) is 0.285. The minimum Gasteiger partial charge on any atom is -0.206 e. The highest BCUT2D eigenvalue weighted by atomic mass is 32.2. The zero-order valence-electron chi connectivity index (χ0n) is 4.97. The van der Waals surface area contributed by atoms with E-state index in [1.54, 1.807) is 6.92 Å². The molecule has 0 fully saturated rings. The highest BCUT2D eigenvalue weighted by Gasteiger charge is 2.31. The molecule has 0 N–H and O–H groups in total. The largest absolute Gasteiger partial charge is 0.471 e. The number of hydrogen-bond acceptors (Lipinski definition) is 4. The van der Waals surface area contributed by atoms with Crippen LogP contribution in [0.5, 0.6) is 0 Å². The Morgan fingerprint density at radius 2 is 2.00 bits per heavy atom. The average molecular weight is 178 g/mol. The Hall–Kier alpha value is 0.0200. The molecule has 0 aromatic rings. The summed E-state index contributed by atoms with van der Waals surface area (Å²) in [7, 11) is 0. The molecule has 7 heteroatoms. The van der Waals surface area contributed by atoms with Crippen molar-refractivity contribution in [2.75, 3.05) is 6.61 Å². The Bertz CT molecular complexity index is 85.6. The molecule has 0 bridgehead atoms. The van der Waals surface area contributed by atoms with Gasteiger partial charge in [0.1, 0.15) is 12.0 Å². The Balaban J connectivity index is 3.04. The lowest BCUT2D eigenvalue weighted by Gasteiger charge is -2.01. The van der Waals surface area contributed by atoms with Crippen LogP contribution in [0.1, 0.15) is 6.92 Å². The van der Waals surface area contributed by atoms with E-state index in [9.17, 15) is 13.2 Å². The first-order valence-corrected chi connectivity index (χ1v) is 3.01. The van der Waals surface area contributed by atoms with Crippen molar-refractivity contribution in [3.8, 4) is 0 Å². The van der Waals surface area contributed by atoms with E-state index in [1.807, 2.05) is 0 Å². The van der Waals surface area contributed by atoms with Gasteiger partial charge in [0, 0.05) is 0 Å². The standard InChI is InChI=1S/C3H5F3O3S/c1-2-7-8-9-10-3(4,5)6/h2H2,1H3. The van der Waals surface area contributed by atoms with Crippen LogP contribution in [0.15, 0.2) is 0 Å². The van der Waals surface area contributed by atoms with Crippen molar-refractivity contribution < 1.29 is 27.4 Å². The SMILES string of the molecule is CCOOOSC(F)(F)F. The maximum atomic E-state index is 11.2. The number of hydrogen-bond donors (Lipinski definition) is 0. The third-order valence-corrected chi connectivity index (χ3v) is 0.635. The molecule has 0 rings (SSSR count). The fourth-order valence-electron chi connectivity index (χ4n) is 0.120. The molecule has 0 heterocycles. The van der Waals surface area contributed by atoms with Gasteiger partial charge in [0.05, 0.1) is 6.61 Å². The van der Waals surface area contributed by atoms with Crippen molar-refractivity contribution in [2.24, 2.45) is 0 Å². The Morgan fingerprint density at radius 1 is 1.40 bits per heavy atom. The van der Waals surface area contributed by atoms with Crippen molar-refractivity contribution >= 4 is 12.0 Å². The van der Waals surface area contributed by atoms with E-state index in [4.69, 9.17) is 0 Å². The van der Waals surface area contributed by atoms with Crippen molar-refractivity contribution in [1.29, 1.82) is 0 Å². The Morgan fingerprint density at radius 3 is 2.40 bits per heavy atom. The molecule has 0 amide bonds. The highest BCUT2D eigenvalue weighted by Crippen LogP contribution is 2.30. The maximum absolute atomic E-state index is 11.2. The van der Waals surface area contributed by atoms with Crippen LogP contribution in [0.4, 0.5) is 13.2 Å². The second-order valence-corrected chi connectivity index (χ2v) is 1.84. The van der Waals surface area contributed by atoms with Crippen molar-refractivity contribution in [3.05, 3.63) is 0 Å². The third-order valence-electron chi connectivity index (χ3n) is 0.322. The monoisotopic (exact) mass is 178 g/mol. The van der Waals surface area contributed by atoms with Gasteiger partial charge in [-0.15, -0.1) is 4.33 Å². The lowest BCUT2D eigenvalue weighted by Crippen LogP contribution is -2.02. The number of rotatable bonds is 4. The first kappa shape index (κ1) is 10.0. The maximum Gasteiger partial charge on any atom is 0.471 e.